The average molecular weight is 510 g/mol. The van der Waals surface area contributed by atoms with Crippen LogP contribution in [-0.4, -0.2) is 50.1 Å². The van der Waals surface area contributed by atoms with Crippen LogP contribution in [0, 0.1) is 11.7 Å². The van der Waals surface area contributed by atoms with E-state index in [-0.39, 0.29) is 43.4 Å². The summed E-state index contributed by atoms with van der Waals surface area (Å²) in [5.41, 5.74) is 2.77. The highest BCUT2D eigenvalue weighted by Crippen LogP contribution is 2.29. The van der Waals surface area contributed by atoms with Gasteiger partial charge in [-0.15, -0.1) is 0 Å². The number of ketones is 1. The summed E-state index contributed by atoms with van der Waals surface area (Å²) >= 11 is 0. The van der Waals surface area contributed by atoms with E-state index in [0.717, 1.165) is 38.8 Å². The number of nitrogens with zero attached hydrogens (tertiary/aromatic N) is 2. The van der Waals surface area contributed by atoms with Crippen molar-refractivity contribution in [1.29, 1.82) is 0 Å². The molecule has 4 rings (SSSR count). The molecule has 7 nitrogen and oxygen atoms in total. The maximum atomic E-state index is 14.8. The molecule has 0 saturated carbocycles. The summed E-state index contributed by atoms with van der Waals surface area (Å²) in [5.74, 6) is -0.179. The first kappa shape index (κ1) is 26.6. The second-order valence-corrected chi connectivity index (χ2v) is 10.3. The summed E-state index contributed by atoms with van der Waals surface area (Å²) in [6, 6.07) is 12.4. The maximum absolute atomic E-state index is 14.8. The minimum absolute atomic E-state index is 0.0557. The zero-order chi connectivity index (χ0) is 26.4. The van der Waals surface area contributed by atoms with Crippen LogP contribution in [0.15, 0.2) is 42.5 Å². The van der Waals surface area contributed by atoms with Crippen molar-refractivity contribution in [3.05, 3.63) is 59.4 Å². The Hall–Kier alpha value is -3.42. The summed E-state index contributed by atoms with van der Waals surface area (Å²) in [5, 5.41) is 2.74. The van der Waals surface area contributed by atoms with Gasteiger partial charge < -0.3 is 15.0 Å². The minimum atomic E-state index is -0.569. The molecule has 1 N–H and O–H groups in total. The largest absolute Gasteiger partial charge is 0.442 e. The van der Waals surface area contributed by atoms with Gasteiger partial charge in [0.25, 0.3) is 0 Å². The number of hydrogen-bond acceptors (Lipinski definition) is 5. The predicted octanol–water partition coefficient (Wildman–Crippen LogP) is 5.12. The number of cyclic esters (lactones) is 1. The van der Waals surface area contributed by atoms with Gasteiger partial charge in [-0.1, -0.05) is 38.1 Å². The number of amides is 2. The van der Waals surface area contributed by atoms with Crippen molar-refractivity contribution < 1.29 is 23.5 Å². The number of hydrogen-bond donors (Lipinski definition) is 1. The van der Waals surface area contributed by atoms with Crippen LogP contribution in [0.1, 0.15) is 61.9 Å². The lowest BCUT2D eigenvalue weighted by atomic mass is 9.99. The van der Waals surface area contributed by atoms with Crippen molar-refractivity contribution >= 4 is 29.2 Å². The molecule has 2 fully saturated rings. The highest BCUT2D eigenvalue weighted by atomic mass is 19.1. The molecule has 0 unspecified atom stereocenters. The molecule has 1 atom stereocenters. The molecule has 2 aliphatic rings. The van der Waals surface area contributed by atoms with E-state index in [1.165, 1.54) is 16.5 Å². The van der Waals surface area contributed by atoms with Crippen molar-refractivity contribution in [1.82, 2.24) is 5.32 Å². The first-order valence-corrected chi connectivity index (χ1v) is 13.2. The predicted molar refractivity (Wildman–Crippen MR) is 142 cm³/mol. The fourth-order valence-corrected chi connectivity index (χ4v) is 4.88. The first-order chi connectivity index (χ1) is 17.8. The van der Waals surface area contributed by atoms with Crippen LogP contribution in [0.4, 0.5) is 20.6 Å². The molecule has 2 amide bonds. The summed E-state index contributed by atoms with van der Waals surface area (Å²) in [6.45, 7) is 6.31. The number of rotatable bonds is 10. The molecule has 2 saturated heterocycles. The standard InChI is InChI=1S/C29H36FN3O4/c1-20(2)16-21-6-8-22(9-7-21)27(34)12-13-28(35)31-18-24-19-33(29(36)37-24)23-10-11-26(25(30)17-23)32-14-4-3-5-15-32/h6-11,17,20,24H,3-5,12-16,18-19H2,1-2H3,(H,31,35)/t24-/m0/s1. The molecular weight excluding hydrogens is 473 g/mol. The summed E-state index contributed by atoms with van der Waals surface area (Å²) in [4.78, 5) is 40.6. The minimum Gasteiger partial charge on any atom is -0.442 e. The Kier molecular flexibility index (Phi) is 8.79. The Morgan fingerprint density at radius 2 is 1.78 bits per heavy atom. The van der Waals surface area contributed by atoms with Gasteiger partial charge >= 0.3 is 6.09 Å². The number of benzene rings is 2. The number of halogens is 1. The van der Waals surface area contributed by atoms with E-state index >= 15 is 0 Å². The topological polar surface area (TPSA) is 79.0 Å². The number of carbonyl (C=O) groups excluding carboxylic acids is 3. The van der Waals surface area contributed by atoms with E-state index in [1.807, 2.05) is 29.2 Å². The van der Waals surface area contributed by atoms with E-state index in [9.17, 15) is 18.8 Å². The van der Waals surface area contributed by atoms with E-state index in [1.54, 1.807) is 12.1 Å². The number of anilines is 2. The van der Waals surface area contributed by atoms with Crippen LogP contribution in [0.3, 0.4) is 0 Å². The fourth-order valence-electron chi connectivity index (χ4n) is 4.88. The first-order valence-electron chi connectivity index (χ1n) is 13.2. The summed E-state index contributed by atoms with van der Waals surface area (Å²) in [7, 11) is 0. The van der Waals surface area contributed by atoms with Crippen LogP contribution in [-0.2, 0) is 16.0 Å². The Bertz CT molecular complexity index is 1110. The Labute approximate surface area is 218 Å². The third kappa shape index (κ3) is 7.08. The van der Waals surface area contributed by atoms with E-state index in [2.05, 4.69) is 19.2 Å². The van der Waals surface area contributed by atoms with Crippen molar-refractivity contribution in [3.8, 4) is 0 Å². The number of carbonyl (C=O) groups is 3. The monoisotopic (exact) mass is 509 g/mol. The van der Waals surface area contributed by atoms with E-state index in [0.29, 0.717) is 22.9 Å². The highest BCUT2D eigenvalue weighted by Gasteiger charge is 2.33. The lowest BCUT2D eigenvalue weighted by molar-refractivity contribution is -0.121. The van der Waals surface area contributed by atoms with Crippen LogP contribution in [0.25, 0.3) is 0 Å². The fraction of sp³-hybridized carbons (Fsp3) is 0.483. The van der Waals surface area contributed by atoms with Crippen LogP contribution in [0.2, 0.25) is 0 Å². The molecule has 0 aliphatic carbocycles. The van der Waals surface area contributed by atoms with Gasteiger partial charge in [0.1, 0.15) is 11.9 Å². The highest BCUT2D eigenvalue weighted by molar-refractivity contribution is 5.98. The molecule has 2 aliphatic heterocycles. The van der Waals surface area contributed by atoms with Gasteiger partial charge in [0.15, 0.2) is 5.78 Å². The van der Waals surface area contributed by atoms with Gasteiger partial charge in [-0.25, -0.2) is 9.18 Å². The van der Waals surface area contributed by atoms with Gasteiger partial charge in [-0.2, -0.15) is 0 Å². The molecule has 2 heterocycles. The van der Waals surface area contributed by atoms with E-state index < -0.39 is 12.2 Å². The molecule has 0 aromatic heterocycles. The Morgan fingerprint density at radius 3 is 2.46 bits per heavy atom. The SMILES string of the molecule is CC(C)Cc1ccc(C(=O)CCC(=O)NC[C@H]2CN(c3ccc(N4CCCCC4)c(F)c3)C(=O)O2)cc1. The molecule has 198 valence electrons. The lowest BCUT2D eigenvalue weighted by Gasteiger charge is -2.29. The lowest BCUT2D eigenvalue weighted by Crippen LogP contribution is -2.34. The maximum Gasteiger partial charge on any atom is 0.414 e. The quantitative estimate of drug-likeness (QED) is 0.450. The smallest absolute Gasteiger partial charge is 0.414 e. The molecular formula is C29H36FN3O4. The van der Waals surface area contributed by atoms with Crippen molar-refractivity contribution in [2.75, 3.05) is 36.0 Å². The van der Waals surface area contributed by atoms with Gasteiger partial charge in [0.05, 0.1) is 24.5 Å². The van der Waals surface area contributed by atoms with Crippen molar-refractivity contribution in [2.45, 2.75) is 58.5 Å². The van der Waals surface area contributed by atoms with E-state index in [4.69, 9.17) is 4.74 Å². The zero-order valence-corrected chi connectivity index (χ0v) is 21.7. The number of nitrogens with one attached hydrogen (secondary N) is 1. The zero-order valence-electron chi connectivity index (χ0n) is 21.7. The molecule has 37 heavy (non-hydrogen) atoms. The summed E-state index contributed by atoms with van der Waals surface area (Å²) in [6.07, 6.45) is 3.26. The normalized spacial score (nSPS) is 17.7. The summed E-state index contributed by atoms with van der Waals surface area (Å²) < 4.78 is 20.2. The molecule has 2 aromatic rings. The average Bonchev–Trinajstić information content (AvgIpc) is 3.27. The van der Waals surface area contributed by atoms with Crippen molar-refractivity contribution in [3.63, 3.8) is 0 Å². The van der Waals surface area contributed by atoms with Gasteiger partial charge in [-0.05, 0) is 55.4 Å². The number of Topliss-reactive ketones (excluding diaryl/α,β-unsaturated/α-hetero) is 1. The van der Waals surface area contributed by atoms with Gasteiger partial charge in [0, 0.05) is 31.5 Å². The Morgan fingerprint density at radius 1 is 1.05 bits per heavy atom. The van der Waals surface area contributed by atoms with Gasteiger partial charge in [0.2, 0.25) is 5.91 Å². The molecule has 2 aromatic carbocycles. The number of piperidine rings is 1. The third-order valence-corrected chi connectivity index (χ3v) is 6.84. The van der Waals surface area contributed by atoms with Crippen LogP contribution in [0.5, 0.6) is 0 Å². The van der Waals surface area contributed by atoms with Crippen LogP contribution >= 0.6 is 0 Å². The second kappa shape index (κ2) is 12.2. The molecule has 0 bridgehead atoms. The van der Waals surface area contributed by atoms with Crippen LogP contribution < -0.4 is 15.1 Å². The van der Waals surface area contributed by atoms with Crippen molar-refractivity contribution in [2.24, 2.45) is 5.92 Å². The molecule has 0 radical (unpaired) electrons. The second-order valence-electron chi connectivity index (χ2n) is 10.3. The van der Waals surface area contributed by atoms with Gasteiger partial charge in [-0.3, -0.25) is 14.5 Å². The molecule has 8 heteroatoms. The number of ether oxygens (including phenoxy) is 1. The third-order valence-electron chi connectivity index (χ3n) is 6.84. The Balaban J connectivity index is 1.23. The molecule has 0 spiro atoms.